The fourth-order valence-electron chi connectivity index (χ4n) is 2.74. The molecule has 0 spiro atoms. The number of nitrogens with zero attached hydrogens (tertiary/aromatic N) is 4. The van der Waals surface area contributed by atoms with Crippen molar-refractivity contribution in [3.8, 4) is 10.4 Å². The van der Waals surface area contributed by atoms with E-state index in [0.717, 1.165) is 20.7 Å². The molecule has 4 rings (SSSR count). The molecule has 4 aromatic rings. The summed E-state index contributed by atoms with van der Waals surface area (Å²) in [6, 6.07) is 18.5. The largest absolute Gasteiger partial charge is 0.270 e. The highest BCUT2D eigenvalue weighted by Gasteiger charge is 2.11. The van der Waals surface area contributed by atoms with E-state index in [0.29, 0.717) is 17.1 Å². The highest BCUT2D eigenvalue weighted by atomic mass is 32.1. The molecule has 0 radical (unpaired) electrons. The number of aromatic nitrogens is 2. The fourth-order valence-corrected chi connectivity index (χ4v) is 3.74. The third-order valence-electron chi connectivity index (χ3n) is 4.19. The van der Waals surface area contributed by atoms with E-state index in [4.69, 9.17) is 0 Å². The number of rotatable bonds is 5. The molecule has 2 aromatic carbocycles. The van der Waals surface area contributed by atoms with Crippen molar-refractivity contribution in [3.63, 3.8) is 0 Å². The average Bonchev–Trinajstić information content (AvgIpc) is 3.17. The zero-order valence-corrected chi connectivity index (χ0v) is 15.7. The summed E-state index contributed by atoms with van der Waals surface area (Å²) >= 11 is 1.59. The highest BCUT2D eigenvalue weighted by molar-refractivity contribution is 7.21. The Morgan fingerprint density at radius 1 is 1.11 bits per heavy atom. The molecule has 8 heteroatoms. The van der Waals surface area contributed by atoms with Crippen molar-refractivity contribution in [3.05, 3.63) is 82.7 Å². The number of fused-ring (bicyclic) bond motifs is 1. The lowest BCUT2D eigenvalue weighted by molar-refractivity contribution is -0.384. The molecule has 0 saturated heterocycles. The third-order valence-corrected chi connectivity index (χ3v) is 5.28. The van der Waals surface area contributed by atoms with Gasteiger partial charge in [-0.2, -0.15) is 5.10 Å². The summed E-state index contributed by atoms with van der Waals surface area (Å²) in [5.74, 6) is 0.591. The van der Waals surface area contributed by atoms with Gasteiger partial charge in [0.15, 0.2) is 5.82 Å². The highest BCUT2D eigenvalue weighted by Crippen LogP contribution is 2.34. The predicted molar refractivity (Wildman–Crippen MR) is 112 cm³/mol. The molecule has 0 fully saturated rings. The molecular formula is C20H15N5O2S. The Balaban J connectivity index is 1.64. The maximum Gasteiger partial charge on any atom is 0.270 e. The maximum atomic E-state index is 11.0. The molecule has 0 amide bonds. The molecular weight excluding hydrogens is 374 g/mol. The molecule has 1 N–H and O–H groups in total. The lowest BCUT2D eigenvalue weighted by Crippen LogP contribution is -2.02. The molecule has 28 heavy (non-hydrogen) atoms. The summed E-state index contributed by atoms with van der Waals surface area (Å²) < 4.78 is 0. The van der Waals surface area contributed by atoms with E-state index < -0.39 is 4.92 Å². The molecule has 7 nitrogen and oxygen atoms in total. The van der Waals surface area contributed by atoms with Crippen LogP contribution in [0.3, 0.4) is 0 Å². The molecule has 138 valence electrons. The Bertz CT molecular complexity index is 1190. The van der Waals surface area contributed by atoms with E-state index in [1.165, 1.54) is 18.5 Å². The first kappa shape index (κ1) is 17.7. The van der Waals surface area contributed by atoms with Crippen molar-refractivity contribution in [1.29, 1.82) is 0 Å². The van der Waals surface area contributed by atoms with Crippen LogP contribution in [0.15, 0.2) is 72.1 Å². The van der Waals surface area contributed by atoms with E-state index in [1.807, 2.05) is 24.3 Å². The summed E-state index contributed by atoms with van der Waals surface area (Å²) in [5.41, 5.74) is 5.41. The number of hydrogen-bond donors (Lipinski definition) is 1. The summed E-state index contributed by atoms with van der Waals surface area (Å²) in [6.45, 7) is 1.79. The van der Waals surface area contributed by atoms with Crippen LogP contribution in [0.25, 0.3) is 20.7 Å². The van der Waals surface area contributed by atoms with Crippen LogP contribution in [0.4, 0.5) is 11.5 Å². The molecule has 0 aliphatic carbocycles. The van der Waals surface area contributed by atoms with Crippen molar-refractivity contribution < 1.29 is 4.92 Å². The number of hydrazone groups is 1. The molecule has 2 aromatic heterocycles. The molecule has 0 saturated carbocycles. The summed E-state index contributed by atoms with van der Waals surface area (Å²) in [5, 5.41) is 16.2. The number of nitrogens with one attached hydrogen (secondary N) is 1. The van der Waals surface area contributed by atoms with Gasteiger partial charge in [0, 0.05) is 22.6 Å². The van der Waals surface area contributed by atoms with Crippen LogP contribution in [0.1, 0.15) is 12.5 Å². The van der Waals surface area contributed by atoms with E-state index in [2.05, 4.69) is 32.6 Å². The SMILES string of the molecule is C/C(=N/Nc1ncnc2sc(-c3ccccc3)cc12)c1cccc([N+](=O)[O-])c1. The second kappa shape index (κ2) is 7.53. The Labute approximate surface area is 164 Å². The van der Waals surface area contributed by atoms with Gasteiger partial charge in [-0.25, -0.2) is 9.97 Å². The first-order chi connectivity index (χ1) is 13.6. The van der Waals surface area contributed by atoms with Gasteiger partial charge in [0.05, 0.1) is 16.0 Å². The number of anilines is 1. The van der Waals surface area contributed by atoms with Crippen LogP contribution in [0, 0.1) is 10.1 Å². The summed E-state index contributed by atoms with van der Waals surface area (Å²) in [7, 11) is 0. The predicted octanol–water partition coefficient (Wildman–Crippen LogP) is 5.10. The van der Waals surface area contributed by atoms with Crippen LogP contribution in [0.5, 0.6) is 0 Å². The van der Waals surface area contributed by atoms with Crippen LogP contribution >= 0.6 is 11.3 Å². The van der Waals surface area contributed by atoms with Gasteiger partial charge in [0.25, 0.3) is 5.69 Å². The first-order valence-electron chi connectivity index (χ1n) is 8.47. The molecule has 0 atom stereocenters. The van der Waals surface area contributed by atoms with Crippen molar-refractivity contribution >= 4 is 38.8 Å². The van der Waals surface area contributed by atoms with E-state index >= 15 is 0 Å². The topological polar surface area (TPSA) is 93.3 Å². The summed E-state index contributed by atoms with van der Waals surface area (Å²) in [6.07, 6.45) is 1.49. The van der Waals surface area contributed by atoms with Crippen molar-refractivity contribution in [2.24, 2.45) is 5.10 Å². The van der Waals surface area contributed by atoms with Crippen molar-refractivity contribution in [2.75, 3.05) is 5.43 Å². The van der Waals surface area contributed by atoms with Crippen LogP contribution < -0.4 is 5.43 Å². The standard InChI is InChI=1S/C20H15N5O2S/c1-13(15-8-5-9-16(10-15)25(26)27)23-24-19-17-11-18(14-6-3-2-4-7-14)28-20(17)22-12-21-19/h2-12H,1H3,(H,21,22,24)/b23-13-. The van der Waals surface area contributed by atoms with E-state index in [-0.39, 0.29) is 5.69 Å². The average molecular weight is 389 g/mol. The lowest BCUT2D eigenvalue weighted by Gasteiger charge is -2.04. The quantitative estimate of drug-likeness (QED) is 0.291. The maximum absolute atomic E-state index is 11.0. The molecule has 0 bridgehead atoms. The van der Waals surface area contributed by atoms with E-state index in [1.54, 1.807) is 30.4 Å². The second-order valence-electron chi connectivity index (χ2n) is 6.03. The minimum Gasteiger partial charge on any atom is -0.260 e. The minimum atomic E-state index is -0.422. The van der Waals surface area contributed by atoms with Crippen LogP contribution in [-0.4, -0.2) is 20.6 Å². The Kier molecular flexibility index (Phi) is 4.77. The van der Waals surface area contributed by atoms with Crippen LogP contribution in [0.2, 0.25) is 0 Å². The normalized spacial score (nSPS) is 11.5. The smallest absolute Gasteiger partial charge is 0.260 e. The van der Waals surface area contributed by atoms with Crippen molar-refractivity contribution in [1.82, 2.24) is 9.97 Å². The number of nitro benzene ring substituents is 1. The van der Waals surface area contributed by atoms with Crippen LogP contribution in [-0.2, 0) is 0 Å². The Morgan fingerprint density at radius 2 is 1.93 bits per heavy atom. The first-order valence-corrected chi connectivity index (χ1v) is 9.28. The van der Waals surface area contributed by atoms with Gasteiger partial charge in [0.2, 0.25) is 0 Å². The lowest BCUT2D eigenvalue weighted by atomic mass is 10.1. The van der Waals surface area contributed by atoms with Gasteiger partial charge in [-0.15, -0.1) is 11.3 Å². The molecule has 2 heterocycles. The number of benzene rings is 2. The zero-order chi connectivity index (χ0) is 19.5. The van der Waals surface area contributed by atoms with Gasteiger partial charge < -0.3 is 0 Å². The number of hydrogen-bond acceptors (Lipinski definition) is 7. The fraction of sp³-hybridized carbons (Fsp3) is 0.0500. The number of nitro groups is 1. The second-order valence-corrected chi connectivity index (χ2v) is 7.06. The Hall–Kier alpha value is -3.65. The molecule has 0 aliphatic heterocycles. The molecule has 0 unspecified atom stereocenters. The van der Waals surface area contributed by atoms with E-state index in [9.17, 15) is 10.1 Å². The minimum absolute atomic E-state index is 0.0295. The number of thiophene rings is 1. The third kappa shape index (κ3) is 3.58. The zero-order valence-electron chi connectivity index (χ0n) is 14.9. The monoisotopic (exact) mass is 389 g/mol. The Morgan fingerprint density at radius 3 is 2.71 bits per heavy atom. The van der Waals surface area contributed by atoms with Crippen molar-refractivity contribution in [2.45, 2.75) is 6.92 Å². The van der Waals surface area contributed by atoms with Gasteiger partial charge in [-0.1, -0.05) is 42.5 Å². The van der Waals surface area contributed by atoms with Gasteiger partial charge >= 0.3 is 0 Å². The van der Waals surface area contributed by atoms with Gasteiger partial charge in [-0.3, -0.25) is 15.5 Å². The number of non-ortho nitro benzene ring substituents is 1. The molecule has 0 aliphatic rings. The summed E-state index contributed by atoms with van der Waals surface area (Å²) in [4.78, 5) is 21.1. The van der Waals surface area contributed by atoms with Gasteiger partial charge in [-0.05, 0) is 18.6 Å². The van der Waals surface area contributed by atoms with Gasteiger partial charge in [0.1, 0.15) is 11.2 Å².